The van der Waals surface area contributed by atoms with Crippen molar-refractivity contribution in [2.45, 2.75) is 0 Å². The Morgan fingerprint density at radius 1 is 1.11 bits per heavy atom. The van der Waals surface area contributed by atoms with Gasteiger partial charge in [-0.05, 0) is 42.5 Å². The van der Waals surface area contributed by atoms with Crippen LogP contribution in [0.4, 0.5) is 5.69 Å². The van der Waals surface area contributed by atoms with Crippen molar-refractivity contribution < 1.29 is 23.9 Å². The van der Waals surface area contributed by atoms with E-state index in [9.17, 15) is 14.9 Å². The van der Waals surface area contributed by atoms with Gasteiger partial charge in [0, 0.05) is 10.6 Å². The van der Waals surface area contributed by atoms with E-state index in [1.54, 1.807) is 24.3 Å². The molecule has 0 N–H and O–H groups in total. The monoisotopic (exact) mass is 387 g/mol. The molecule has 0 amide bonds. The van der Waals surface area contributed by atoms with E-state index in [-0.39, 0.29) is 22.6 Å². The molecule has 138 valence electrons. The molecule has 0 fully saturated rings. The van der Waals surface area contributed by atoms with Crippen LogP contribution in [0, 0.1) is 10.1 Å². The van der Waals surface area contributed by atoms with E-state index in [1.165, 1.54) is 38.5 Å². The van der Waals surface area contributed by atoms with E-state index in [4.69, 9.17) is 25.8 Å². The third-order valence-corrected chi connectivity index (χ3v) is 4.15. The summed E-state index contributed by atoms with van der Waals surface area (Å²) in [6.07, 6.45) is 2.90. The number of ether oxygens (including phenoxy) is 3. The van der Waals surface area contributed by atoms with Crippen molar-refractivity contribution in [1.29, 1.82) is 0 Å². The standard InChI is InChI=1S/C19H14ClNO6/c1-25-17-8-12(15(21(23)24)10-18(17)26-2)7-13-9-16(27-19(13)22)11-3-5-14(20)6-4-11/h3-10H,1-2H3/b13-7-. The van der Waals surface area contributed by atoms with Crippen LogP contribution in [-0.4, -0.2) is 25.1 Å². The molecule has 2 aromatic carbocycles. The first kappa shape index (κ1) is 18.5. The number of hydrogen-bond acceptors (Lipinski definition) is 6. The summed E-state index contributed by atoms with van der Waals surface area (Å²) in [6.45, 7) is 0. The summed E-state index contributed by atoms with van der Waals surface area (Å²) in [5.74, 6) is 0.260. The second-order valence-electron chi connectivity index (χ2n) is 5.53. The second-order valence-corrected chi connectivity index (χ2v) is 5.96. The van der Waals surface area contributed by atoms with Gasteiger partial charge in [-0.15, -0.1) is 0 Å². The number of nitro benzene ring substituents is 1. The smallest absolute Gasteiger partial charge is 0.343 e. The highest BCUT2D eigenvalue weighted by Crippen LogP contribution is 2.37. The zero-order valence-corrected chi connectivity index (χ0v) is 15.1. The molecule has 0 radical (unpaired) electrons. The van der Waals surface area contributed by atoms with Gasteiger partial charge in [-0.1, -0.05) is 11.6 Å². The van der Waals surface area contributed by atoms with Crippen LogP contribution in [0.15, 0.2) is 48.0 Å². The first-order chi connectivity index (χ1) is 12.9. The molecule has 2 aromatic rings. The number of rotatable bonds is 5. The molecule has 3 rings (SSSR count). The lowest BCUT2D eigenvalue weighted by Gasteiger charge is -2.08. The molecule has 8 heteroatoms. The van der Waals surface area contributed by atoms with E-state index in [2.05, 4.69) is 0 Å². The molecule has 0 aromatic heterocycles. The van der Waals surface area contributed by atoms with Gasteiger partial charge in [-0.3, -0.25) is 10.1 Å². The maximum Gasteiger partial charge on any atom is 0.343 e. The number of carbonyl (C=O) groups excluding carboxylic acids is 1. The number of methoxy groups -OCH3 is 2. The van der Waals surface area contributed by atoms with Crippen LogP contribution in [0.5, 0.6) is 11.5 Å². The summed E-state index contributed by atoms with van der Waals surface area (Å²) in [5.41, 5.74) is 0.813. The van der Waals surface area contributed by atoms with Gasteiger partial charge in [0.15, 0.2) is 11.5 Å². The topological polar surface area (TPSA) is 87.9 Å². The Kier molecular flexibility index (Phi) is 5.14. The minimum Gasteiger partial charge on any atom is -0.493 e. The fraction of sp³-hybridized carbons (Fsp3) is 0.105. The van der Waals surface area contributed by atoms with Crippen molar-refractivity contribution >= 4 is 35.1 Å². The summed E-state index contributed by atoms with van der Waals surface area (Å²) < 4.78 is 15.5. The van der Waals surface area contributed by atoms with Gasteiger partial charge < -0.3 is 14.2 Å². The van der Waals surface area contributed by atoms with Gasteiger partial charge >= 0.3 is 5.97 Å². The SMILES string of the molecule is COc1cc(/C=C2/C=C(c3ccc(Cl)cc3)OC2=O)c([N+](=O)[O-])cc1OC. The number of carbonyl (C=O) groups is 1. The predicted octanol–water partition coefficient (Wildman–Crippen LogP) is 4.25. The van der Waals surface area contributed by atoms with Crippen LogP contribution in [0.25, 0.3) is 11.8 Å². The molecule has 0 unspecified atom stereocenters. The van der Waals surface area contributed by atoms with Crippen molar-refractivity contribution in [3.8, 4) is 11.5 Å². The molecule has 0 spiro atoms. The lowest BCUT2D eigenvalue weighted by molar-refractivity contribution is -0.385. The Morgan fingerprint density at radius 2 is 1.74 bits per heavy atom. The van der Waals surface area contributed by atoms with E-state index in [0.29, 0.717) is 22.1 Å². The van der Waals surface area contributed by atoms with Crippen LogP contribution in [0.1, 0.15) is 11.1 Å². The number of esters is 1. The third-order valence-electron chi connectivity index (χ3n) is 3.89. The van der Waals surface area contributed by atoms with Gasteiger partial charge in [0.25, 0.3) is 5.69 Å². The van der Waals surface area contributed by atoms with Crippen molar-refractivity contribution in [2.24, 2.45) is 0 Å². The van der Waals surface area contributed by atoms with Crippen LogP contribution >= 0.6 is 11.6 Å². The number of halogens is 1. The van der Waals surface area contributed by atoms with Gasteiger partial charge in [-0.25, -0.2) is 4.79 Å². The molecule has 27 heavy (non-hydrogen) atoms. The van der Waals surface area contributed by atoms with E-state index in [1.807, 2.05) is 0 Å². The van der Waals surface area contributed by atoms with Crippen LogP contribution in [0.3, 0.4) is 0 Å². The van der Waals surface area contributed by atoms with Crippen LogP contribution in [-0.2, 0) is 9.53 Å². The molecule has 0 saturated heterocycles. The zero-order chi connectivity index (χ0) is 19.6. The number of benzene rings is 2. The largest absolute Gasteiger partial charge is 0.493 e. The predicted molar refractivity (Wildman–Crippen MR) is 99.7 cm³/mol. The lowest BCUT2D eigenvalue weighted by Crippen LogP contribution is -1.99. The van der Waals surface area contributed by atoms with Crippen molar-refractivity contribution in [2.75, 3.05) is 14.2 Å². The Morgan fingerprint density at radius 3 is 2.33 bits per heavy atom. The van der Waals surface area contributed by atoms with Gasteiger partial charge in [0.1, 0.15) is 5.76 Å². The maximum atomic E-state index is 12.2. The maximum absolute atomic E-state index is 12.2. The van der Waals surface area contributed by atoms with Crippen LogP contribution in [0.2, 0.25) is 5.02 Å². The molecule has 1 aliphatic rings. The quantitative estimate of drug-likeness (QED) is 0.330. The highest BCUT2D eigenvalue weighted by atomic mass is 35.5. The summed E-state index contributed by atoms with van der Waals surface area (Å²) in [4.78, 5) is 23.0. The second kappa shape index (κ2) is 7.51. The van der Waals surface area contributed by atoms with E-state index < -0.39 is 10.9 Å². The fourth-order valence-electron chi connectivity index (χ4n) is 2.57. The molecule has 0 saturated carbocycles. The third kappa shape index (κ3) is 3.78. The molecular formula is C19H14ClNO6. The average molecular weight is 388 g/mol. The lowest BCUT2D eigenvalue weighted by atomic mass is 10.1. The fourth-order valence-corrected chi connectivity index (χ4v) is 2.70. The highest BCUT2D eigenvalue weighted by Gasteiger charge is 2.25. The molecular weight excluding hydrogens is 374 g/mol. The van der Waals surface area contributed by atoms with Gasteiger partial charge in [0.05, 0.1) is 36.3 Å². The van der Waals surface area contributed by atoms with Crippen molar-refractivity contribution in [3.05, 3.63) is 74.3 Å². The summed E-state index contributed by atoms with van der Waals surface area (Å²) in [7, 11) is 2.80. The minimum atomic E-state index is -0.607. The Labute approximate surface area is 159 Å². The number of nitro groups is 1. The highest BCUT2D eigenvalue weighted by molar-refractivity contribution is 6.30. The molecule has 0 atom stereocenters. The van der Waals surface area contributed by atoms with Crippen molar-refractivity contribution in [1.82, 2.24) is 0 Å². The van der Waals surface area contributed by atoms with Crippen LogP contribution < -0.4 is 9.47 Å². The molecule has 1 aliphatic heterocycles. The van der Waals surface area contributed by atoms with Gasteiger partial charge in [0.2, 0.25) is 0 Å². The first-order valence-corrected chi connectivity index (χ1v) is 8.12. The Bertz CT molecular complexity index is 978. The Hall–Kier alpha value is -3.32. The van der Waals surface area contributed by atoms with E-state index >= 15 is 0 Å². The zero-order valence-electron chi connectivity index (χ0n) is 14.4. The van der Waals surface area contributed by atoms with E-state index in [0.717, 1.165) is 0 Å². The molecule has 7 nitrogen and oxygen atoms in total. The number of cyclic esters (lactones) is 1. The molecule has 0 aliphatic carbocycles. The molecule has 1 heterocycles. The summed E-state index contributed by atoms with van der Waals surface area (Å²) in [5, 5.41) is 12.0. The average Bonchev–Trinajstić information content (AvgIpc) is 3.02. The summed E-state index contributed by atoms with van der Waals surface area (Å²) in [6, 6.07) is 9.45. The normalized spacial score (nSPS) is 14.7. The Balaban J connectivity index is 2.06. The number of nitrogens with zero attached hydrogens (tertiary/aromatic N) is 1. The van der Waals surface area contributed by atoms with Crippen molar-refractivity contribution in [3.63, 3.8) is 0 Å². The van der Waals surface area contributed by atoms with Gasteiger partial charge in [-0.2, -0.15) is 0 Å². The number of hydrogen-bond donors (Lipinski definition) is 0. The first-order valence-electron chi connectivity index (χ1n) is 7.75. The summed E-state index contributed by atoms with van der Waals surface area (Å²) >= 11 is 5.86. The molecule has 0 bridgehead atoms. The minimum absolute atomic E-state index is 0.176.